The molecule has 0 aromatic rings. The first-order valence-electron chi connectivity index (χ1n) is 5.44. The first-order chi connectivity index (χ1) is 6.72. The molecule has 2 rings (SSSR count). The van der Waals surface area contributed by atoms with Gasteiger partial charge >= 0.3 is 0 Å². The van der Waals surface area contributed by atoms with Gasteiger partial charge in [-0.1, -0.05) is 13.3 Å². The van der Waals surface area contributed by atoms with Gasteiger partial charge < -0.3 is 10.0 Å². The fraction of sp³-hybridized carbons (Fsp3) is 0.727. The Kier molecular flexibility index (Phi) is 2.48. The van der Waals surface area contributed by atoms with Crippen molar-refractivity contribution in [2.45, 2.75) is 38.6 Å². The molecule has 1 atom stereocenters. The second-order valence-corrected chi connectivity index (χ2v) is 4.28. The predicted molar refractivity (Wildman–Crippen MR) is 53.8 cm³/mol. The van der Waals surface area contributed by atoms with Gasteiger partial charge in [-0.15, -0.1) is 0 Å². The average molecular weight is 195 g/mol. The van der Waals surface area contributed by atoms with Crippen LogP contribution in [-0.2, 0) is 4.79 Å². The molecule has 0 bridgehead atoms. The van der Waals surface area contributed by atoms with Crippen LogP contribution in [-0.4, -0.2) is 28.5 Å². The Bertz CT molecular complexity index is 268. The SMILES string of the molecule is CCC1C=C(O)C(=O)N1CC1CCC1. The summed E-state index contributed by atoms with van der Waals surface area (Å²) in [6, 6.07) is 0.128. The van der Waals surface area contributed by atoms with E-state index >= 15 is 0 Å². The number of rotatable bonds is 3. The minimum Gasteiger partial charge on any atom is -0.503 e. The maximum absolute atomic E-state index is 11.6. The molecule has 1 aliphatic heterocycles. The van der Waals surface area contributed by atoms with Gasteiger partial charge in [0, 0.05) is 6.54 Å². The van der Waals surface area contributed by atoms with Crippen molar-refractivity contribution in [1.82, 2.24) is 4.90 Å². The van der Waals surface area contributed by atoms with Gasteiger partial charge in [-0.05, 0) is 31.3 Å². The van der Waals surface area contributed by atoms with Gasteiger partial charge in [0.25, 0.3) is 5.91 Å². The normalized spacial score (nSPS) is 27.8. The van der Waals surface area contributed by atoms with Gasteiger partial charge in [0.15, 0.2) is 5.76 Å². The summed E-state index contributed by atoms with van der Waals surface area (Å²) < 4.78 is 0. The summed E-state index contributed by atoms with van der Waals surface area (Å²) in [5, 5.41) is 9.34. The molecule has 1 fully saturated rings. The van der Waals surface area contributed by atoms with Crippen LogP contribution in [0.1, 0.15) is 32.6 Å². The number of amides is 1. The zero-order valence-electron chi connectivity index (χ0n) is 8.57. The average Bonchev–Trinajstić information content (AvgIpc) is 2.37. The molecule has 2 aliphatic rings. The Morgan fingerprint density at radius 1 is 1.57 bits per heavy atom. The van der Waals surface area contributed by atoms with Crippen LogP contribution < -0.4 is 0 Å². The lowest BCUT2D eigenvalue weighted by atomic mass is 9.85. The van der Waals surface area contributed by atoms with Crippen LogP contribution in [0.5, 0.6) is 0 Å². The third-order valence-corrected chi connectivity index (χ3v) is 3.33. The van der Waals surface area contributed by atoms with Crippen LogP contribution >= 0.6 is 0 Å². The van der Waals surface area contributed by atoms with Crippen LogP contribution in [0.3, 0.4) is 0 Å². The first-order valence-corrected chi connectivity index (χ1v) is 5.44. The molecule has 1 saturated carbocycles. The number of aliphatic hydroxyl groups is 1. The van der Waals surface area contributed by atoms with Crippen molar-refractivity contribution < 1.29 is 9.90 Å². The van der Waals surface area contributed by atoms with Crippen molar-refractivity contribution in [2.24, 2.45) is 5.92 Å². The Morgan fingerprint density at radius 2 is 2.29 bits per heavy atom. The van der Waals surface area contributed by atoms with E-state index in [0.29, 0.717) is 5.92 Å². The van der Waals surface area contributed by atoms with Crippen LogP contribution in [0.15, 0.2) is 11.8 Å². The summed E-state index contributed by atoms with van der Waals surface area (Å²) in [6.45, 7) is 2.87. The molecule has 0 aromatic carbocycles. The molecular formula is C11H17NO2. The summed E-state index contributed by atoms with van der Waals surface area (Å²) in [6.07, 6.45) is 6.34. The lowest BCUT2D eigenvalue weighted by Crippen LogP contribution is -2.39. The minimum absolute atomic E-state index is 0.0591. The van der Waals surface area contributed by atoms with Crippen LogP contribution in [0.2, 0.25) is 0 Å². The number of carbonyl (C=O) groups excluding carboxylic acids is 1. The van der Waals surface area contributed by atoms with E-state index in [0.717, 1.165) is 13.0 Å². The monoisotopic (exact) mass is 195 g/mol. The maximum Gasteiger partial charge on any atom is 0.288 e. The molecule has 14 heavy (non-hydrogen) atoms. The van der Waals surface area contributed by atoms with Crippen molar-refractivity contribution in [3.05, 3.63) is 11.8 Å². The van der Waals surface area contributed by atoms with Gasteiger partial charge in [-0.25, -0.2) is 0 Å². The summed E-state index contributed by atoms with van der Waals surface area (Å²) in [5.74, 6) is 0.437. The zero-order valence-corrected chi connectivity index (χ0v) is 8.57. The van der Waals surface area contributed by atoms with E-state index < -0.39 is 0 Å². The summed E-state index contributed by atoms with van der Waals surface area (Å²) in [7, 11) is 0. The van der Waals surface area contributed by atoms with Crippen molar-refractivity contribution in [2.75, 3.05) is 6.54 Å². The Balaban J connectivity index is 1.99. The molecule has 0 saturated heterocycles. The molecule has 1 unspecified atom stereocenters. The molecule has 1 N–H and O–H groups in total. The van der Waals surface area contributed by atoms with Gasteiger partial charge in [0.05, 0.1) is 6.04 Å². The van der Waals surface area contributed by atoms with Crippen LogP contribution in [0, 0.1) is 5.92 Å². The summed E-state index contributed by atoms with van der Waals surface area (Å²) in [4.78, 5) is 13.4. The second kappa shape index (κ2) is 3.64. The van der Waals surface area contributed by atoms with E-state index in [1.54, 1.807) is 6.08 Å². The van der Waals surface area contributed by atoms with Crippen molar-refractivity contribution in [3.8, 4) is 0 Å². The molecule has 0 aromatic heterocycles. The minimum atomic E-state index is -0.177. The molecule has 1 amide bonds. The van der Waals surface area contributed by atoms with E-state index in [1.165, 1.54) is 19.3 Å². The fourth-order valence-corrected chi connectivity index (χ4v) is 2.15. The van der Waals surface area contributed by atoms with Crippen molar-refractivity contribution >= 4 is 5.91 Å². The number of hydrogen-bond acceptors (Lipinski definition) is 2. The van der Waals surface area contributed by atoms with Gasteiger partial charge in [0.1, 0.15) is 0 Å². The number of nitrogens with zero attached hydrogens (tertiary/aromatic N) is 1. The number of aliphatic hydroxyl groups excluding tert-OH is 1. The van der Waals surface area contributed by atoms with Gasteiger partial charge in [-0.3, -0.25) is 4.79 Å². The lowest BCUT2D eigenvalue weighted by molar-refractivity contribution is -0.130. The second-order valence-electron chi connectivity index (χ2n) is 4.28. The topological polar surface area (TPSA) is 40.5 Å². The third kappa shape index (κ3) is 1.51. The van der Waals surface area contributed by atoms with E-state index in [2.05, 4.69) is 0 Å². The maximum atomic E-state index is 11.6. The third-order valence-electron chi connectivity index (χ3n) is 3.33. The molecule has 0 spiro atoms. The molecule has 78 valence electrons. The molecule has 3 heteroatoms. The largest absolute Gasteiger partial charge is 0.503 e. The summed E-state index contributed by atoms with van der Waals surface area (Å²) >= 11 is 0. The highest BCUT2D eigenvalue weighted by molar-refractivity contribution is 5.94. The van der Waals surface area contributed by atoms with Crippen molar-refractivity contribution in [1.29, 1.82) is 0 Å². The quantitative estimate of drug-likeness (QED) is 0.746. The lowest BCUT2D eigenvalue weighted by Gasteiger charge is -2.32. The molecular weight excluding hydrogens is 178 g/mol. The molecule has 1 aliphatic carbocycles. The smallest absolute Gasteiger partial charge is 0.288 e. The predicted octanol–water partition coefficient (Wildman–Crippen LogP) is 1.85. The van der Waals surface area contributed by atoms with E-state index in [9.17, 15) is 9.90 Å². The molecule has 1 heterocycles. The standard InChI is InChI=1S/C11H17NO2/c1-2-9-6-10(13)11(14)12(9)7-8-4-3-5-8/h6,8-9,13H,2-5,7H2,1H3. The van der Waals surface area contributed by atoms with Crippen LogP contribution in [0.4, 0.5) is 0 Å². The first kappa shape index (κ1) is 9.56. The highest BCUT2D eigenvalue weighted by atomic mass is 16.3. The van der Waals surface area contributed by atoms with E-state index in [-0.39, 0.29) is 17.7 Å². The number of carbonyl (C=O) groups is 1. The summed E-state index contributed by atoms with van der Waals surface area (Å²) in [5.41, 5.74) is 0. The van der Waals surface area contributed by atoms with Crippen molar-refractivity contribution in [3.63, 3.8) is 0 Å². The number of hydrogen-bond donors (Lipinski definition) is 1. The highest BCUT2D eigenvalue weighted by Gasteiger charge is 2.33. The van der Waals surface area contributed by atoms with E-state index in [4.69, 9.17) is 0 Å². The highest BCUT2D eigenvalue weighted by Crippen LogP contribution is 2.30. The molecule has 0 radical (unpaired) electrons. The Labute approximate surface area is 84.4 Å². The molecule has 3 nitrogen and oxygen atoms in total. The van der Waals surface area contributed by atoms with Crippen LogP contribution in [0.25, 0.3) is 0 Å². The van der Waals surface area contributed by atoms with E-state index in [1.807, 2.05) is 11.8 Å². The zero-order chi connectivity index (χ0) is 10.1. The Hall–Kier alpha value is -0.990. The van der Waals surface area contributed by atoms with Gasteiger partial charge in [-0.2, -0.15) is 0 Å². The Morgan fingerprint density at radius 3 is 2.79 bits per heavy atom. The fourth-order valence-electron chi connectivity index (χ4n) is 2.15. The van der Waals surface area contributed by atoms with Gasteiger partial charge in [0.2, 0.25) is 0 Å².